The van der Waals surface area contributed by atoms with Gasteiger partial charge in [0.05, 0.1) is 5.02 Å². The zero-order chi connectivity index (χ0) is 15.5. The number of carbonyl (C=O) groups excluding carboxylic acids is 1. The second kappa shape index (κ2) is 5.99. The minimum Gasteiger partial charge on any atom is -0.360 e. The highest BCUT2D eigenvalue weighted by atomic mass is 35.5. The molecule has 110 valence electrons. The Balaban J connectivity index is 1.99. The number of carbonyl (C=O) groups is 1. The SMILES string of the molecule is Cc1onc(-c2ccccc2Cl)c1C(=O)Nc1ccccn1. The summed E-state index contributed by atoms with van der Waals surface area (Å²) < 4.78 is 5.17. The van der Waals surface area contributed by atoms with E-state index in [4.69, 9.17) is 16.1 Å². The highest BCUT2D eigenvalue weighted by Gasteiger charge is 2.23. The van der Waals surface area contributed by atoms with E-state index in [-0.39, 0.29) is 5.91 Å². The maximum absolute atomic E-state index is 12.5. The molecule has 0 bridgehead atoms. The molecule has 2 aromatic heterocycles. The van der Waals surface area contributed by atoms with Gasteiger partial charge in [0.25, 0.3) is 5.91 Å². The first-order valence-corrected chi connectivity index (χ1v) is 6.98. The van der Waals surface area contributed by atoms with E-state index >= 15 is 0 Å². The molecule has 3 rings (SSSR count). The number of hydrogen-bond acceptors (Lipinski definition) is 4. The van der Waals surface area contributed by atoms with Crippen LogP contribution >= 0.6 is 11.6 Å². The van der Waals surface area contributed by atoms with E-state index in [1.807, 2.05) is 12.1 Å². The standard InChI is InChI=1S/C16H12ClN3O2/c1-10-14(16(21)19-13-8-4-5-9-18-13)15(20-22-10)11-6-2-3-7-12(11)17/h2-9H,1H3,(H,18,19,21). The maximum atomic E-state index is 12.5. The molecule has 1 aromatic carbocycles. The van der Waals surface area contributed by atoms with E-state index in [1.165, 1.54) is 0 Å². The number of nitrogens with zero attached hydrogens (tertiary/aromatic N) is 2. The van der Waals surface area contributed by atoms with Crippen LogP contribution < -0.4 is 5.32 Å². The third kappa shape index (κ3) is 2.71. The Morgan fingerprint density at radius 3 is 2.68 bits per heavy atom. The molecule has 3 aromatic rings. The van der Waals surface area contributed by atoms with E-state index in [1.54, 1.807) is 43.5 Å². The number of aromatic nitrogens is 2. The first kappa shape index (κ1) is 14.3. The topological polar surface area (TPSA) is 68.0 Å². The summed E-state index contributed by atoms with van der Waals surface area (Å²) in [5.74, 6) is 0.536. The second-order valence-corrected chi connectivity index (χ2v) is 5.02. The van der Waals surface area contributed by atoms with Crippen LogP contribution in [0.25, 0.3) is 11.3 Å². The molecule has 0 saturated carbocycles. The molecule has 0 spiro atoms. The van der Waals surface area contributed by atoms with Crippen molar-refractivity contribution in [1.29, 1.82) is 0 Å². The molecule has 6 heteroatoms. The van der Waals surface area contributed by atoms with Crippen molar-refractivity contribution in [2.24, 2.45) is 0 Å². The molecular weight excluding hydrogens is 302 g/mol. The number of benzene rings is 1. The average molecular weight is 314 g/mol. The Hall–Kier alpha value is -2.66. The van der Waals surface area contributed by atoms with E-state index in [0.29, 0.717) is 33.4 Å². The van der Waals surface area contributed by atoms with Gasteiger partial charge >= 0.3 is 0 Å². The number of aryl methyl sites for hydroxylation is 1. The number of pyridine rings is 1. The zero-order valence-electron chi connectivity index (χ0n) is 11.7. The molecule has 0 aliphatic rings. The predicted octanol–water partition coefficient (Wildman–Crippen LogP) is 3.95. The summed E-state index contributed by atoms with van der Waals surface area (Å²) in [5.41, 5.74) is 1.41. The monoisotopic (exact) mass is 313 g/mol. The summed E-state index contributed by atoms with van der Waals surface area (Å²) in [6, 6.07) is 12.4. The van der Waals surface area contributed by atoms with E-state index in [9.17, 15) is 4.79 Å². The van der Waals surface area contributed by atoms with Crippen LogP contribution in [-0.2, 0) is 0 Å². The number of amides is 1. The van der Waals surface area contributed by atoms with Gasteiger partial charge in [0.2, 0.25) is 0 Å². The van der Waals surface area contributed by atoms with Crippen LogP contribution in [0.3, 0.4) is 0 Å². The molecular formula is C16H12ClN3O2. The van der Waals surface area contributed by atoms with Gasteiger partial charge in [-0.15, -0.1) is 0 Å². The minimum atomic E-state index is -0.340. The Labute approximate surface area is 131 Å². The zero-order valence-corrected chi connectivity index (χ0v) is 12.5. The summed E-state index contributed by atoms with van der Waals surface area (Å²) in [6.07, 6.45) is 1.60. The fourth-order valence-corrected chi connectivity index (χ4v) is 2.32. The number of anilines is 1. The van der Waals surface area contributed by atoms with Gasteiger partial charge in [0.1, 0.15) is 22.8 Å². The van der Waals surface area contributed by atoms with Crippen molar-refractivity contribution in [2.75, 3.05) is 5.32 Å². The maximum Gasteiger partial charge on any atom is 0.262 e. The molecule has 2 heterocycles. The summed E-state index contributed by atoms with van der Waals surface area (Å²) in [6.45, 7) is 1.68. The predicted molar refractivity (Wildman–Crippen MR) is 83.9 cm³/mol. The Bertz CT molecular complexity index is 815. The Morgan fingerprint density at radius 2 is 1.95 bits per heavy atom. The smallest absolute Gasteiger partial charge is 0.262 e. The molecule has 0 fully saturated rings. The van der Waals surface area contributed by atoms with Gasteiger partial charge in [-0.05, 0) is 25.1 Å². The summed E-state index contributed by atoms with van der Waals surface area (Å²) in [7, 11) is 0. The molecule has 0 radical (unpaired) electrons. The van der Waals surface area contributed by atoms with Gasteiger partial charge in [-0.2, -0.15) is 0 Å². The molecule has 22 heavy (non-hydrogen) atoms. The van der Waals surface area contributed by atoms with Crippen molar-refractivity contribution in [1.82, 2.24) is 10.1 Å². The van der Waals surface area contributed by atoms with Gasteiger partial charge in [0.15, 0.2) is 0 Å². The number of hydrogen-bond donors (Lipinski definition) is 1. The molecule has 0 saturated heterocycles. The van der Waals surface area contributed by atoms with Gasteiger partial charge in [-0.25, -0.2) is 4.98 Å². The molecule has 0 aliphatic heterocycles. The second-order valence-electron chi connectivity index (χ2n) is 4.61. The fourth-order valence-electron chi connectivity index (χ4n) is 2.09. The van der Waals surface area contributed by atoms with Gasteiger partial charge in [-0.1, -0.05) is 41.0 Å². The minimum absolute atomic E-state index is 0.340. The number of halogens is 1. The molecule has 5 nitrogen and oxygen atoms in total. The molecule has 1 amide bonds. The van der Waals surface area contributed by atoms with E-state index < -0.39 is 0 Å². The number of nitrogens with one attached hydrogen (secondary N) is 1. The lowest BCUT2D eigenvalue weighted by atomic mass is 10.1. The highest BCUT2D eigenvalue weighted by Crippen LogP contribution is 2.31. The lowest BCUT2D eigenvalue weighted by Crippen LogP contribution is -2.14. The van der Waals surface area contributed by atoms with Crippen molar-refractivity contribution in [3.8, 4) is 11.3 Å². The van der Waals surface area contributed by atoms with Crippen molar-refractivity contribution in [2.45, 2.75) is 6.92 Å². The quantitative estimate of drug-likeness (QED) is 0.795. The Kier molecular flexibility index (Phi) is 3.89. The average Bonchev–Trinajstić information content (AvgIpc) is 2.90. The molecule has 0 aliphatic carbocycles. The van der Waals surface area contributed by atoms with Crippen LogP contribution in [0, 0.1) is 6.92 Å². The molecule has 0 unspecified atom stereocenters. The van der Waals surface area contributed by atoms with E-state index in [0.717, 1.165) is 0 Å². The van der Waals surface area contributed by atoms with E-state index in [2.05, 4.69) is 15.5 Å². The number of rotatable bonds is 3. The van der Waals surface area contributed by atoms with Crippen LogP contribution in [-0.4, -0.2) is 16.0 Å². The van der Waals surface area contributed by atoms with Gasteiger partial charge in [0, 0.05) is 11.8 Å². The third-order valence-electron chi connectivity index (χ3n) is 3.13. The van der Waals surface area contributed by atoms with Crippen molar-refractivity contribution >= 4 is 23.3 Å². The molecule has 1 N–H and O–H groups in total. The van der Waals surface area contributed by atoms with Crippen molar-refractivity contribution in [3.63, 3.8) is 0 Å². The lowest BCUT2D eigenvalue weighted by molar-refractivity contribution is 0.102. The van der Waals surface area contributed by atoms with Crippen molar-refractivity contribution < 1.29 is 9.32 Å². The van der Waals surface area contributed by atoms with Gasteiger partial charge < -0.3 is 9.84 Å². The first-order chi connectivity index (χ1) is 10.7. The fraction of sp³-hybridized carbons (Fsp3) is 0.0625. The third-order valence-corrected chi connectivity index (χ3v) is 3.45. The first-order valence-electron chi connectivity index (χ1n) is 6.60. The van der Waals surface area contributed by atoms with Gasteiger partial charge in [-0.3, -0.25) is 4.79 Å². The summed E-state index contributed by atoms with van der Waals surface area (Å²) in [4.78, 5) is 16.6. The van der Waals surface area contributed by atoms with Crippen LogP contribution in [0.1, 0.15) is 16.1 Å². The molecule has 0 atom stereocenters. The van der Waals surface area contributed by atoms with Crippen molar-refractivity contribution in [3.05, 3.63) is 65.0 Å². The van der Waals surface area contributed by atoms with Crippen LogP contribution in [0.4, 0.5) is 5.82 Å². The lowest BCUT2D eigenvalue weighted by Gasteiger charge is -2.05. The van der Waals surface area contributed by atoms with Crippen LogP contribution in [0.5, 0.6) is 0 Å². The Morgan fingerprint density at radius 1 is 1.18 bits per heavy atom. The van der Waals surface area contributed by atoms with Crippen LogP contribution in [0.2, 0.25) is 5.02 Å². The summed E-state index contributed by atoms with van der Waals surface area (Å²) >= 11 is 6.18. The largest absolute Gasteiger partial charge is 0.360 e. The normalized spacial score (nSPS) is 10.5. The highest BCUT2D eigenvalue weighted by molar-refractivity contribution is 6.33. The summed E-state index contributed by atoms with van der Waals surface area (Å²) in [5, 5.41) is 7.19. The van der Waals surface area contributed by atoms with Crippen LogP contribution in [0.15, 0.2) is 53.2 Å².